The van der Waals surface area contributed by atoms with Gasteiger partial charge in [-0.15, -0.1) is 0 Å². The van der Waals surface area contributed by atoms with E-state index in [1.54, 1.807) is 6.92 Å². The van der Waals surface area contributed by atoms with E-state index in [4.69, 9.17) is 0 Å². The van der Waals surface area contributed by atoms with E-state index < -0.39 is 4.75 Å². The predicted octanol–water partition coefficient (Wildman–Crippen LogP) is 1.82. The van der Waals surface area contributed by atoms with E-state index >= 15 is 0 Å². The first-order valence-corrected chi connectivity index (χ1v) is 5.58. The van der Waals surface area contributed by atoms with Gasteiger partial charge in [-0.3, -0.25) is 4.79 Å². The van der Waals surface area contributed by atoms with Crippen molar-refractivity contribution in [2.45, 2.75) is 45.3 Å². The molecule has 0 bridgehead atoms. The van der Waals surface area contributed by atoms with Crippen LogP contribution >= 0.6 is 12.6 Å². The molecule has 4 heteroatoms. The minimum atomic E-state index is -0.889. The summed E-state index contributed by atoms with van der Waals surface area (Å²) in [4.78, 5) is 21.9. The SMILES string of the molecule is CC(C)(C)CCNC(=O)[C@@](C)(S)CC=O. The number of aldehydes is 1. The minimum absolute atomic E-state index is 0.136. The lowest BCUT2D eigenvalue weighted by molar-refractivity contribution is -0.124. The molecule has 3 nitrogen and oxygen atoms in total. The van der Waals surface area contributed by atoms with E-state index in [0.717, 1.165) is 12.7 Å². The Balaban J connectivity index is 3.99. The molecule has 0 aromatic carbocycles. The number of rotatable bonds is 5. The average molecular weight is 231 g/mol. The first kappa shape index (κ1) is 14.5. The molecule has 0 fully saturated rings. The van der Waals surface area contributed by atoms with Crippen LogP contribution in [0, 0.1) is 5.41 Å². The van der Waals surface area contributed by atoms with Gasteiger partial charge in [0.2, 0.25) is 5.91 Å². The number of nitrogens with one attached hydrogen (secondary N) is 1. The predicted molar refractivity (Wildman–Crippen MR) is 65.2 cm³/mol. The van der Waals surface area contributed by atoms with Gasteiger partial charge in [0.25, 0.3) is 0 Å². The van der Waals surface area contributed by atoms with Crippen LogP contribution in [-0.4, -0.2) is 23.5 Å². The zero-order valence-corrected chi connectivity index (χ0v) is 10.9. The monoisotopic (exact) mass is 231 g/mol. The van der Waals surface area contributed by atoms with Gasteiger partial charge >= 0.3 is 0 Å². The number of amides is 1. The van der Waals surface area contributed by atoms with Crippen LogP contribution in [-0.2, 0) is 9.59 Å². The Labute approximate surface area is 97.4 Å². The first-order valence-electron chi connectivity index (χ1n) is 5.13. The molecule has 0 aromatic heterocycles. The van der Waals surface area contributed by atoms with Crippen molar-refractivity contribution in [3.63, 3.8) is 0 Å². The molecule has 0 aromatic rings. The molecule has 88 valence electrons. The molecule has 0 saturated heterocycles. The molecule has 0 spiro atoms. The smallest absolute Gasteiger partial charge is 0.236 e. The fourth-order valence-corrected chi connectivity index (χ4v) is 1.15. The Morgan fingerprint density at radius 1 is 1.33 bits per heavy atom. The molecule has 0 rings (SSSR count). The van der Waals surface area contributed by atoms with E-state index in [2.05, 4.69) is 38.7 Å². The van der Waals surface area contributed by atoms with Gasteiger partial charge in [-0.25, -0.2) is 0 Å². The lowest BCUT2D eigenvalue weighted by Gasteiger charge is -2.22. The number of hydrogen-bond acceptors (Lipinski definition) is 3. The fourth-order valence-electron chi connectivity index (χ4n) is 0.996. The van der Waals surface area contributed by atoms with Gasteiger partial charge in [0.1, 0.15) is 6.29 Å². The largest absolute Gasteiger partial charge is 0.355 e. The Morgan fingerprint density at radius 3 is 2.27 bits per heavy atom. The van der Waals surface area contributed by atoms with Crippen molar-refractivity contribution in [3.8, 4) is 0 Å². The molecule has 1 atom stereocenters. The van der Waals surface area contributed by atoms with E-state index in [-0.39, 0.29) is 17.7 Å². The highest BCUT2D eigenvalue weighted by molar-refractivity contribution is 7.82. The Morgan fingerprint density at radius 2 is 1.87 bits per heavy atom. The molecule has 0 aliphatic rings. The van der Waals surface area contributed by atoms with E-state index in [9.17, 15) is 9.59 Å². The Kier molecular flexibility index (Phi) is 5.35. The molecule has 0 aliphatic carbocycles. The molecular weight excluding hydrogens is 210 g/mol. The van der Waals surface area contributed by atoms with Crippen molar-refractivity contribution >= 4 is 24.8 Å². The van der Waals surface area contributed by atoms with Crippen LogP contribution in [0.2, 0.25) is 0 Å². The number of hydrogen-bond donors (Lipinski definition) is 2. The van der Waals surface area contributed by atoms with E-state index in [1.807, 2.05) is 0 Å². The van der Waals surface area contributed by atoms with Gasteiger partial charge in [0, 0.05) is 13.0 Å². The first-order chi connectivity index (χ1) is 6.69. The topological polar surface area (TPSA) is 46.2 Å². The molecule has 0 saturated carbocycles. The minimum Gasteiger partial charge on any atom is -0.355 e. The fraction of sp³-hybridized carbons (Fsp3) is 0.818. The summed E-state index contributed by atoms with van der Waals surface area (Å²) in [5.41, 5.74) is 0.199. The maximum Gasteiger partial charge on any atom is 0.236 e. The number of carbonyl (C=O) groups excluding carboxylic acids is 2. The summed E-state index contributed by atoms with van der Waals surface area (Å²) in [6.45, 7) is 8.62. The quantitative estimate of drug-likeness (QED) is 0.560. The van der Waals surface area contributed by atoms with Gasteiger partial charge in [-0.1, -0.05) is 20.8 Å². The summed E-state index contributed by atoms with van der Waals surface area (Å²) in [5.74, 6) is -0.179. The zero-order valence-electron chi connectivity index (χ0n) is 9.96. The highest BCUT2D eigenvalue weighted by Crippen LogP contribution is 2.19. The Bertz CT molecular complexity index is 231. The summed E-state index contributed by atoms with van der Waals surface area (Å²) in [5, 5.41) is 2.79. The zero-order chi connectivity index (χ0) is 12.1. The molecule has 0 radical (unpaired) electrons. The molecule has 1 N–H and O–H groups in total. The summed E-state index contributed by atoms with van der Waals surface area (Å²) in [7, 11) is 0. The third-order valence-corrected chi connectivity index (χ3v) is 2.52. The van der Waals surface area contributed by atoms with Crippen molar-refractivity contribution in [2.24, 2.45) is 5.41 Å². The summed E-state index contributed by atoms with van der Waals surface area (Å²) < 4.78 is -0.889. The summed E-state index contributed by atoms with van der Waals surface area (Å²) in [6.07, 6.45) is 1.76. The second-order valence-electron chi connectivity index (χ2n) is 5.21. The molecule has 0 unspecified atom stereocenters. The van der Waals surface area contributed by atoms with Gasteiger partial charge in [0.15, 0.2) is 0 Å². The van der Waals surface area contributed by atoms with Crippen molar-refractivity contribution in [3.05, 3.63) is 0 Å². The van der Waals surface area contributed by atoms with Crippen molar-refractivity contribution in [1.82, 2.24) is 5.32 Å². The molecule has 0 heterocycles. The van der Waals surface area contributed by atoms with E-state index in [0.29, 0.717) is 6.54 Å². The summed E-state index contributed by atoms with van der Waals surface area (Å²) in [6, 6.07) is 0. The maximum absolute atomic E-state index is 11.6. The average Bonchev–Trinajstić information content (AvgIpc) is 2.01. The van der Waals surface area contributed by atoms with Crippen LogP contribution in [0.1, 0.15) is 40.5 Å². The van der Waals surface area contributed by atoms with Crippen LogP contribution in [0.15, 0.2) is 0 Å². The second-order valence-corrected chi connectivity index (χ2v) is 6.20. The molecule has 0 aliphatic heterocycles. The molecular formula is C11H21NO2S. The van der Waals surface area contributed by atoms with Crippen molar-refractivity contribution in [1.29, 1.82) is 0 Å². The third kappa shape index (κ3) is 6.55. The number of thiol groups is 1. The Hall–Kier alpha value is -0.510. The lowest BCUT2D eigenvalue weighted by Crippen LogP contribution is -2.41. The second kappa shape index (κ2) is 5.54. The molecule has 1 amide bonds. The standard InChI is InChI=1S/C11H21NO2S/c1-10(2,3)5-7-12-9(14)11(4,15)6-8-13/h8,15H,5-7H2,1-4H3,(H,12,14)/t11-/m0/s1. The van der Waals surface area contributed by atoms with Crippen molar-refractivity contribution < 1.29 is 9.59 Å². The molecule has 15 heavy (non-hydrogen) atoms. The highest BCUT2D eigenvalue weighted by atomic mass is 32.1. The number of carbonyl (C=O) groups is 2. The van der Waals surface area contributed by atoms with Crippen LogP contribution in [0.4, 0.5) is 0 Å². The van der Waals surface area contributed by atoms with Gasteiger partial charge in [-0.2, -0.15) is 12.6 Å². The van der Waals surface area contributed by atoms with Crippen LogP contribution < -0.4 is 5.32 Å². The van der Waals surface area contributed by atoms with Gasteiger partial charge in [-0.05, 0) is 18.8 Å². The van der Waals surface area contributed by atoms with Gasteiger partial charge < -0.3 is 10.1 Å². The van der Waals surface area contributed by atoms with Crippen molar-refractivity contribution in [2.75, 3.05) is 6.54 Å². The van der Waals surface area contributed by atoms with Crippen LogP contribution in [0.5, 0.6) is 0 Å². The summed E-state index contributed by atoms with van der Waals surface area (Å²) >= 11 is 4.16. The maximum atomic E-state index is 11.6. The third-order valence-electron chi connectivity index (χ3n) is 2.13. The van der Waals surface area contributed by atoms with Crippen LogP contribution in [0.3, 0.4) is 0 Å². The van der Waals surface area contributed by atoms with Gasteiger partial charge in [0.05, 0.1) is 4.75 Å². The lowest BCUT2D eigenvalue weighted by atomic mass is 9.92. The van der Waals surface area contributed by atoms with E-state index in [1.165, 1.54) is 0 Å². The normalized spacial score (nSPS) is 15.5. The highest BCUT2D eigenvalue weighted by Gasteiger charge is 2.28. The van der Waals surface area contributed by atoms with Crippen LogP contribution in [0.25, 0.3) is 0 Å².